The summed E-state index contributed by atoms with van der Waals surface area (Å²) in [5, 5.41) is 15.6. The molecule has 2 rings (SSSR count). The maximum atomic E-state index is 12.4. The molecule has 0 radical (unpaired) electrons. The number of carbonyl (C=O) groups is 2. The Hall–Kier alpha value is -3.34. The van der Waals surface area contributed by atoms with Crippen LogP contribution in [0.2, 0.25) is 0 Å². The van der Waals surface area contributed by atoms with Gasteiger partial charge in [-0.3, -0.25) is 4.79 Å². The van der Waals surface area contributed by atoms with Crippen molar-refractivity contribution in [2.45, 2.75) is 60.6 Å². The second kappa shape index (κ2) is 9.92. The molecule has 8 nitrogen and oxygen atoms in total. The molecular weight excluding hydrogens is 384 g/mol. The van der Waals surface area contributed by atoms with Gasteiger partial charge in [-0.1, -0.05) is 19.0 Å². The molecule has 0 saturated carbocycles. The van der Waals surface area contributed by atoms with Gasteiger partial charge in [0.2, 0.25) is 0 Å². The molecule has 0 aliphatic heterocycles. The topological polar surface area (TPSA) is 110 Å². The normalized spacial score (nSPS) is 12.5. The van der Waals surface area contributed by atoms with Crippen molar-refractivity contribution in [1.29, 1.82) is 5.26 Å². The highest BCUT2D eigenvalue weighted by atomic mass is 16.5. The van der Waals surface area contributed by atoms with Crippen molar-refractivity contribution in [1.82, 2.24) is 9.72 Å². The molecule has 0 fully saturated rings. The zero-order valence-electron chi connectivity index (χ0n) is 18.3. The predicted octanol–water partition coefficient (Wildman–Crippen LogP) is 3.92. The molecule has 1 amide bonds. The van der Waals surface area contributed by atoms with Gasteiger partial charge in [-0.05, 0) is 57.7 Å². The average Bonchev–Trinajstić information content (AvgIpc) is 3.20. The molecule has 0 aliphatic rings. The predicted molar refractivity (Wildman–Crippen MR) is 112 cm³/mol. The molecule has 30 heavy (non-hydrogen) atoms. The summed E-state index contributed by atoms with van der Waals surface area (Å²) in [5.74, 6) is -0.0890. The van der Waals surface area contributed by atoms with Crippen molar-refractivity contribution in [3.05, 3.63) is 40.4 Å². The van der Waals surface area contributed by atoms with Gasteiger partial charge < -0.3 is 19.1 Å². The van der Waals surface area contributed by atoms with E-state index in [0.717, 1.165) is 29.9 Å². The van der Waals surface area contributed by atoms with E-state index in [1.165, 1.54) is 13.0 Å². The van der Waals surface area contributed by atoms with Gasteiger partial charge in [0.25, 0.3) is 5.91 Å². The molecule has 1 unspecified atom stereocenters. The van der Waals surface area contributed by atoms with Crippen LogP contribution < -0.4 is 5.32 Å². The van der Waals surface area contributed by atoms with Gasteiger partial charge in [0.1, 0.15) is 17.4 Å². The lowest BCUT2D eigenvalue weighted by Gasteiger charge is -2.12. The van der Waals surface area contributed by atoms with E-state index in [9.17, 15) is 14.9 Å². The quantitative estimate of drug-likeness (QED) is 0.400. The Bertz CT molecular complexity index is 991. The summed E-state index contributed by atoms with van der Waals surface area (Å²) in [6.45, 7) is 12.3. The Morgan fingerprint density at radius 1 is 1.30 bits per heavy atom. The van der Waals surface area contributed by atoms with Crippen molar-refractivity contribution in [3.63, 3.8) is 0 Å². The van der Waals surface area contributed by atoms with Crippen molar-refractivity contribution in [2.24, 2.45) is 5.92 Å². The van der Waals surface area contributed by atoms with Crippen LogP contribution in [0.5, 0.6) is 0 Å². The standard InChI is InChI=1S/C22H28N4O4/c1-13(2)7-8-26-14(3)9-18(16(26)5)11-19(12-23)22(28)29-17(6)21(27)24-20-10-15(4)30-25-20/h9-11,13,17H,7-8H2,1-6H3,(H,24,25,27)/b19-11+. The third kappa shape index (κ3) is 5.83. The number of nitriles is 1. The minimum absolute atomic E-state index is 0.170. The molecule has 0 saturated heterocycles. The average molecular weight is 412 g/mol. The second-order valence-electron chi connectivity index (χ2n) is 7.69. The summed E-state index contributed by atoms with van der Waals surface area (Å²) in [7, 11) is 0. The maximum Gasteiger partial charge on any atom is 0.349 e. The van der Waals surface area contributed by atoms with Crippen LogP contribution in [0.1, 0.15) is 49.9 Å². The Morgan fingerprint density at radius 2 is 2.00 bits per heavy atom. The minimum atomic E-state index is -1.11. The maximum absolute atomic E-state index is 12.4. The van der Waals surface area contributed by atoms with Crippen LogP contribution in [0.25, 0.3) is 6.08 Å². The number of ether oxygens (including phenoxy) is 1. The molecule has 1 N–H and O–H groups in total. The third-order valence-corrected chi connectivity index (χ3v) is 4.72. The van der Waals surface area contributed by atoms with Gasteiger partial charge in [-0.2, -0.15) is 5.26 Å². The number of aryl methyl sites for hydroxylation is 2. The van der Waals surface area contributed by atoms with Crippen LogP contribution >= 0.6 is 0 Å². The van der Waals surface area contributed by atoms with Gasteiger partial charge in [0.05, 0.1) is 0 Å². The Kier molecular flexibility index (Phi) is 7.59. The number of aromatic nitrogens is 2. The lowest BCUT2D eigenvalue weighted by atomic mass is 10.1. The van der Waals surface area contributed by atoms with E-state index in [-0.39, 0.29) is 11.4 Å². The highest BCUT2D eigenvalue weighted by molar-refractivity contribution is 6.01. The summed E-state index contributed by atoms with van der Waals surface area (Å²) in [4.78, 5) is 24.6. The van der Waals surface area contributed by atoms with Gasteiger partial charge in [0, 0.05) is 24.0 Å². The summed E-state index contributed by atoms with van der Waals surface area (Å²) >= 11 is 0. The first-order valence-electron chi connectivity index (χ1n) is 9.86. The number of esters is 1. The fourth-order valence-corrected chi connectivity index (χ4v) is 2.93. The molecule has 2 aromatic rings. The van der Waals surface area contributed by atoms with Crippen molar-refractivity contribution >= 4 is 23.8 Å². The third-order valence-electron chi connectivity index (χ3n) is 4.72. The number of amides is 1. The smallest absolute Gasteiger partial charge is 0.349 e. The summed E-state index contributed by atoms with van der Waals surface area (Å²) < 4.78 is 12.2. The highest BCUT2D eigenvalue weighted by Gasteiger charge is 2.22. The van der Waals surface area contributed by atoms with Gasteiger partial charge in [-0.25, -0.2) is 4.79 Å². The van der Waals surface area contributed by atoms with E-state index >= 15 is 0 Å². The summed E-state index contributed by atoms with van der Waals surface area (Å²) in [5.41, 5.74) is 2.64. The number of hydrogen-bond donors (Lipinski definition) is 1. The zero-order chi connectivity index (χ0) is 22.4. The molecule has 8 heteroatoms. The second-order valence-corrected chi connectivity index (χ2v) is 7.69. The molecule has 0 bridgehead atoms. The van der Waals surface area contributed by atoms with Crippen LogP contribution in [-0.2, 0) is 20.9 Å². The first kappa shape index (κ1) is 22.9. The van der Waals surface area contributed by atoms with Gasteiger partial charge in [-0.15, -0.1) is 0 Å². The number of hydrogen-bond acceptors (Lipinski definition) is 6. The van der Waals surface area contributed by atoms with Crippen molar-refractivity contribution in [3.8, 4) is 6.07 Å². The van der Waals surface area contributed by atoms with Crippen LogP contribution in [0.4, 0.5) is 5.82 Å². The first-order valence-corrected chi connectivity index (χ1v) is 9.86. The fraction of sp³-hybridized carbons (Fsp3) is 0.455. The van der Waals surface area contributed by atoms with E-state index in [2.05, 4.69) is 28.9 Å². The minimum Gasteiger partial charge on any atom is -0.448 e. The Labute approximate surface area is 176 Å². The summed E-state index contributed by atoms with van der Waals surface area (Å²) in [6.07, 6.45) is 1.43. The number of anilines is 1. The van der Waals surface area contributed by atoms with E-state index in [0.29, 0.717) is 11.7 Å². The number of carbonyl (C=O) groups excluding carboxylic acids is 2. The SMILES string of the molecule is Cc1cc(NC(=O)C(C)OC(=O)/C(C#N)=C/c2cc(C)n(CCC(C)C)c2C)no1. The molecule has 160 valence electrons. The molecule has 0 aliphatic carbocycles. The van der Waals surface area contributed by atoms with E-state index < -0.39 is 18.0 Å². The first-order chi connectivity index (χ1) is 14.1. The molecule has 2 heterocycles. The van der Waals surface area contributed by atoms with Crippen LogP contribution in [0.15, 0.2) is 22.2 Å². The van der Waals surface area contributed by atoms with Crippen molar-refractivity contribution < 1.29 is 18.8 Å². The van der Waals surface area contributed by atoms with Gasteiger partial charge in [0.15, 0.2) is 11.9 Å². The van der Waals surface area contributed by atoms with Crippen molar-refractivity contribution in [2.75, 3.05) is 5.32 Å². The lowest BCUT2D eigenvalue weighted by Crippen LogP contribution is -2.30. The highest BCUT2D eigenvalue weighted by Crippen LogP contribution is 2.20. The van der Waals surface area contributed by atoms with E-state index in [1.807, 2.05) is 26.0 Å². The van der Waals surface area contributed by atoms with Crippen LogP contribution in [0, 0.1) is 38.0 Å². The molecule has 0 aromatic carbocycles. The van der Waals surface area contributed by atoms with Crippen LogP contribution in [-0.4, -0.2) is 27.7 Å². The Balaban J connectivity index is 2.10. The number of nitrogens with zero attached hydrogens (tertiary/aromatic N) is 3. The molecule has 1 atom stereocenters. The van der Waals surface area contributed by atoms with Crippen LogP contribution in [0.3, 0.4) is 0 Å². The lowest BCUT2D eigenvalue weighted by molar-refractivity contribution is -0.148. The number of rotatable bonds is 8. The monoisotopic (exact) mass is 412 g/mol. The number of nitrogens with one attached hydrogen (secondary N) is 1. The fourth-order valence-electron chi connectivity index (χ4n) is 2.93. The van der Waals surface area contributed by atoms with Gasteiger partial charge >= 0.3 is 5.97 Å². The molecular formula is C22H28N4O4. The zero-order valence-corrected chi connectivity index (χ0v) is 18.3. The summed E-state index contributed by atoms with van der Waals surface area (Å²) in [6, 6.07) is 5.35. The molecule has 0 spiro atoms. The van der Waals surface area contributed by atoms with E-state index in [1.54, 1.807) is 13.0 Å². The molecule has 2 aromatic heterocycles. The Morgan fingerprint density at radius 3 is 2.57 bits per heavy atom. The largest absolute Gasteiger partial charge is 0.448 e. The van der Waals surface area contributed by atoms with E-state index in [4.69, 9.17) is 9.26 Å².